The Morgan fingerprint density at radius 3 is 2.26 bits per heavy atom. The third-order valence-corrected chi connectivity index (χ3v) is 5.02. The van der Waals surface area contributed by atoms with Gasteiger partial charge in [-0.15, -0.1) is 0 Å². The summed E-state index contributed by atoms with van der Waals surface area (Å²) in [5.41, 5.74) is 2.43. The molecule has 0 aliphatic carbocycles. The minimum absolute atomic E-state index is 0.0626. The van der Waals surface area contributed by atoms with E-state index in [1.165, 1.54) is 11.1 Å². The minimum atomic E-state index is -0.430. The van der Waals surface area contributed by atoms with Crippen LogP contribution in [0.25, 0.3) is 0 Å². The molecule has 1 atom stereocenters. The van der Waals surface area contributed by atoms with Gasteiger partial charge in [0, 0.05) is 32.1 Å². The zero-order valence-electron chi connectivity index (χ0n) is 15.7. The maximum Gasteiger partial charge on any atom is 0.237 e. The Morgan fingerprint density at radius 2 is 1.70 bits per heavy atom. The molecule has 2 N–H and O–H groups in total. The lowest BCUT2D eigenvalue weighted by molar-refractivity contribution is -0.134. The number of amides is 2. The van der Waals surface area contributed by atoms with Crippen LogP contribution in [0, 0.1) is 0 Å². The molecule has 3 rings (SSSR count). The Kier molecular flexibility index (Phi) is 6.60. The number of carbonyl (C=O) groups excluding carboxylic acids is 2. The summed E-state index contributed by atoms with van der Waals surface area (Å²) in [6, 6.07) is 20.3. The van der Waals surface area contributed by atoms with Gasteiger partial charge in [-0.3, -0.25) is 14.5 Å². The fourth-order valence-corrected chi connectivity index (χ4v) is 3.66. The van der Waals surface area contributed by atoms with Crippen molar-refractivity contribution in [2.45, 2.75) is 25.3 Å². The maximum absolute atomic E-state index is 12.5. The van der Waals surface area contributed by atoms with Crippen LogP contribution in [0.4, 0.5) is 0 Å². The van der Waals surface area contributed by atoms with Crippen molar-refractivity contribution < 1.29 is 9.59 Å². The van der Waals surface area contributed by atoms with Crippen molar-refractivity contribution in [3.8, 4) is 0 Å². The standard InChI is InChI=1S/C22H27N3O2/c1-2-23-21(26)15-20-22(27)24-13-14-25(20)16-19(17-9-5-3-6-10-17)18-11-7-4-8-12-18/h3-12,19-20H,2,13-16H2,1H3,(H,23,26)(H,24,27)/t20-/m0/s1. The van der Waals surface area contributed by atoms with Crippen LogP contribution < -0.4 is 10.6 Å². The van der Waals surface area contributed by atoms with Crippen molar-refractivity contribution in [1.29, 1.82) is 0 Å². The van der Waals surface area contributed by atoms with Gasteiger partial charge in [-0.25, -0.2) is 0 Å². The monoisotopic (exact) mass is 365 g/mol. The largest absolute Gasteiger partial charge is 0.356 e. The van der Waals surface area contributed by atoms with Crippen LogP contribution in [0.15, 0.2) is 60.7 Å². The molecule has 1 aliphatic rings. The van der Waals surface area contributed by atoms with Crippen molar-refractivity contribution in [3.63, 3.8) is 0 Å². The molecule has 1 fully saturated rings. The van der Waals surface area contributed by atoms with Crippen molar-refractivity contribution >= 4 is 11.8 Å². The van der Waals surface area contributed by atoms with E-state index < -0.39 is 6.04 Å². The predicted octanol–water partition coefficient (Wildman–Crippen LogP) is 2.15. The maximum atomic E-state index is 12.5. The summed E-state index contributed by atoms with van der Waals surface area (Å²) < 4.78 is 0. The third kappa shape index (κ3) is 4.95. The molecular weight excluding hydrogens is 338 g/mol. The van der Waals surface area contributed by atoms with E-state index >= 15 is 0 Å². The Morgan fingerprint density at radius 1 is 1.11 bits per heavy atom. The molecule has 142 valence electrons. The highest BCUT2D eigenvalue weighted by molar-refractivity contribution is 5.88. The van der Waals surface area contributed by atoms with Gasteiger partial charge in [-0.05, 0) is 18.1 Å². The number of rotatable bonds is 7. The molecule has 0 aromatic heterocycles. The average molecular weight is 365 g/mol. The molecule has 2 aromatic carbocycles. The number of nitrogens with zero attached hydrogens (tertiary/aromatic N) is 1. The highest BCUT2D eigenvalue weighted by atomic mass is 16.2. The lowest BCUT2D eigenvalue weighted by atomic mass is 9.90. The van der Waals surface area contributed by atoms with Gasteiger partial charge in [-0.2, -0.15) is 0 Å². The van der Waals surface area contributed by atoms with Gasteiger partial charge in [0.05, 0.1) is 12.5 Å². The normalized spacial score (nSPS) is 17.6. The number of piperazine rings is 1. The number of benzene rings is 2. The van der Waals surface area contributed by atoms with Gasteiger partial charge < -0.3 is 10.6 Å². The quantitative estimate of drug-likeness (QED) is 0.790. The zero-order chi connectivity index (χ0) is 19.1. The summed E-state index contributed by atoms with van der Waals surface area (Å²) in [4.78, 5) is 26.7. The SMILES string of the molecule is CCNC(=O)C[C@H]1C(=O)NCCN1CC(c1ccccc1)c1ccccc1. The van der Waals surface area contributed by atoms with Crippen molar-refractivity contribution in [2.75, 3.05) is 26.2 Å². The second-order valence-electron chi connectivity index (χ2n) is 6.83. The first-order valence-electron chi connectivity index (χ1n) is 9.57. The second kappa shape index (κ2) is 9.33. The van der Waals surface area contributed by atoms with Crippen molar-refractivity contribution in [3.05, 3.63) is 71.8 Å². The van der Waals surface area contributed by atoms with Crippen LogP contribution >= 0.6 is 0 Å². The molecule has 1 saturated heterocycles. The minimum Gasteiger partial charge on any atom is -0.356 e. The van der Waals surface area contributed by atoms with Crippen LogP contribution in [0.3, 0.4) is 0 Å². The van der Waals surface area contributed by atoms with Crippen molar-refractivity contribution in [2.24, 2.45) is 0 Å². The summed E-state index contributed by atoms with van der Waals surface area (Å²) in [6.07, 6.45) is 0.190. The molecule has 0 unspecified atom stereocenters. The van der Waals surface area contributed by atoms with E-state index in [-0.39, 0.29) is 24.2 Å². The van der Waals surface area contributed by atoms with Crippen molar-refractivity contribution in [1.82, 2.24) is 15.5 Å². The number of hydrogen-bond acceptors (Lipinski definition) is 3. The lowest BCUT2D eigenvalue weighted by Gasteiger charge is -2.37. The summed E-state index contributed by atoms with van der Waals surface area (Å²) >= 11 is 0. The summed E-state index contributed by atoms with van der Waals surface area (Å²) in [7, 11) is 0. The molecule has 0 radical (unpaired) electrons. The van der Waals surface area contributed by atoms with Gasteiger partial charge in [0.25, 0.3) is 0 Å². The molecule has 1 aliphatic heterocycles. The fraction of sp³-hybridized carbons (Fsp3) is 0.364. The molecular formula is C22H27N3O2. The van der Waals surface area contributed by atoms with Crippen LogP contribution in [-0.2, 0) is 9.59 Å². The van der Waals surface area contributed by atoms with Gasteiger partial charge >= 0.3 is 0 Å². The Labute approximate surface area is 160 Å². The van der Waals surface area contributed by atoms with Crippen LogP contribution in [0.2, 0.25) is 0 Å². The van der Waals surface area contributed by atoms with Crippen LogP contribution in [0.5, 0.6) is 0 Å². The molecule has 2 amide bonds. The van der Waals surface area contributed by atoms with E-state index in [9.17, 15) is 9.59 Å². The van der Waals surface area contributed by atoms with E-state index in [1.807, 2.05) is 43.3 Å². The second-order valence-corrected chi connectivity index (χ2v) is 6.83. The summed E-state index contributed by atoms with van der Waals surface area (Å²) in [5.74, 6) is 0.00272. The summed E-state index contributed by atoms with van der Waals surface area (Å²) in [6.45, 7) is 4.51. The molecule has 27 heavy (non-hydrogen) atoms. The van der Waals surface area contributed by atoms with E-state index in [0.29, 0.717) is 19.6 Å². The predicted molar refractivity (Wildman–Crippen MR) is 106 cm³/mol. The fourth-order valence-electron chi connectivity index (χ4n) is 3.66. The van der Waals surface area contributed by atoms with Gasteiger partial charge in [-0.1, -0.05) is 60.7 Å². The first-order chi connectivity index (χ1) is 13.2. The van der Waals surface area contributed by atoms with Gasteiger partial charge in [0.1, 0.15) is 0 Å². The highest BCUT2D eigenvalue weighted by Gasteiger charge is 2.33. The number of nitrogens with one attached hydrogen (secondary N) is 2. The first-order valence-corrected chi connectivity index (χ1v) is 9.57. The Balaban J connectivity index is 1.84. The molecule has 5 heteroatoms. The Bertz CT molecular complexity index is 709. The number of carbonyl (C=O) groups is 2. The molecule has 5 nitrogen and oxygen atoms in total. The van der Waals surface area contributed by atoms with Crippen LogP contribution in [0.1, 0.15) is 30.4 Å². The smallest absolute Gasteiger partial charge is 0.237 e. The topological polar surface area (TPSA) is 61.4 Å². The van der Waals surface area contributed by atoms with Gasteiger partial charge in [0.2, 0.25) is 11.8 Å². The van der Waals surface area contributed by atoms with E-state index in [2.05, 4.69) is 39.8 Å². The molecule has 0 bridgehead atoms. The Hall–Kier alpha value is -2.66. The van der Waals surface area contributed by atoms with Crippen LogP contribution in [-0.4, -0.2) is 48.9 Å². The summed E-state index contributed by atoms with van der Waals surface area (Å²) in [5, 5.41) is 5.71. The molecule has 1 heterocycles. The van der Waals surface area contributed by atoms with E-state index in [4.69, 9.17) is 0 Å². The molecule has 0 saturated carbocycles. The zero-order valence-corrected chi connectivity index (χ0v) is 15.7. The molecule has 0 spiro atoms. The van der Waals surface area contributed by atoms with Gasteiger partial charge in [0.15, 0.2) is 0 Å². The lowest BCUT2D eigenvalue weighted by Crippen LogP contribution is -2.57. The first kappa shape index (κ1) is 19.1. The third-order valence-electron chi connectivity index (χ3n) is 5.02. The number of hydrogen-bond donors (Lipinski definition) is 2. The van der Waals surface area contributed by atoms with E-state index in [0.717, 1.165) is 6.54 Å². The molecule has 2 aromatic rings. The highest BCUT2D eigenvalue weighted by Crippen LogP contribution is 2.27. The van der Waals surface area contributed by atoms with E-state index in [1.54, 1.807) is 0 Å². The average Bonchev–Trinajstić information content (AvgIpc) is 2.70.